The maximum atomic E-state index is 10.7. The third-order valence-electron chi connectivity index (χ3n) is 2.49. The number of hydrogen-bond donors (Lipinski definition) is 1. The maximum Gasteiger partial charge on any atom is 0.407 e. The number of rotatable bonds is 4. The van der Waals surface area contributed by atoms with E-state index >= 15 is 0 Å². The standard InChI is InChI=1S/C12H17NO3/c1-4-9-5-6-11(16-3)10(7-9)8-13(2)12(14)15/h5-7H,4,8H2,1-3H3,(H,14,15). The van der Waals surface area contributed by atoms with E-state index in [-0.39, 0.29) is 0 Å². The number of amides is 1. The van der Waals surface area contributed by atoms with Gasteiger partial charge in [-0.05, 0) is 18.1 Å². The summed E-state index contributed by atoms with van der Waals surface area (Å²) in [5.74, 6) is 0.727. The van der Waals surface area contributed by atoms with Crippen LogP contribution in [0, 0.1) is 0 Å². The van der Waals surface area contributed by atoms with Crippen LogP contribution in [0.2, 0.25) is 0 Å². The molecule has 0 unspecified atom stereocenters. The number of aryl methyl sites for hydroxylation is 1. The predicted octanol–water partition coefficient (Wildman–Crippen LogP) is 2.37. The van der Waals surface area contributed by atoms with Crippen LogP contribution in [0.4, 0.5) is 4.79 Å². The van der Waals surface area contributed by atoms with E-state index in [1.807, 2.05) is 18.2 Å². The van der Waals surface area contributed by atoms with Crippen molar-refractivity contribution in [3.8, 4) is 5.75 Å². The first kappa shape index (κ1) is 12.4. The van der Waals surface area contributed by atoms with Crippen LogP contribution < -0.4 is 4.74 Å². The average Bonchev–Trinajstić information content (AvgIpc) is 2.28. The Balaban J connectivity index is 2.95. The van der Waals surface area contributed by atoms with Crippen LogP contribution in [0.5, 0.6) is 5.75 Å². The molecule has 0 spiro atoms. The monoisotopic (exact) mass is 223 g/mol. The molecule has 1 aromatic rings. The fraction of sp³-hybridized carbons (Fsp3) is 0.417. The lowest BCUT2D eigenvalue weighted by Crippen LogP contribution is -2.24. The Hall–Kier alpha value is -1.71. The Morgan fingerprint density at radius 3 is 2.69 bits per heavy atom. The zero-order valence-corrected chi connectivity index (χ0v) is 9.86. The third kappa shape index (κ3) is 2.89. The third-order valence-corrected chi connectivity index (χ3v) is 2.49. The molecular weight excluding hydrogens is 206 g/mol. The lowest BCUT2D eigenvalue weighted by molar-refractivity contribution is 0.153. The second kappa shape index (κ2) is 5.39. The molecule has 0 radical (unpaired) electrons. The van der Waals surface area contributed by atoms with Gasteiger partial charge in [0.2, 0.25) is 0 Å². The Morgan fingerprint density at radius 2 is 2.19 bits per heavy atom. The van der Waals surface area contributed by atoms with Crippen molar-refractivity contribution >= 4 is 6.09 Å². The predicted molar refractivity (Wildman–Crippen MR) is 61.9 cm³/mol. The molecule has 0 aliphatic carbocycles. The average molecular weight is 223 g/mol. The summed E-state index contributed by atoms with van der Waals surface area (Å²) >= 11 is 0. The lowest BCUT2D eigenvalue weighted by atomic mass is 10.1. The summed E-state index contributed by atoms with van der Waals surface area (Å²) in [4.78, 5) is 12.0. The molecule has 0 aliphatic heterocycles. The molecule has 0 saturated carbocycles. The molecule has 0 atom stereocenters. The smallest absolute Gasteiger partial charge is 0.407 e. The van der Waals surface area contributed by atoms with E-state index in [1.165, 1.54) is 10.5 Å². The quantitative estimate of drug-likeness (QED) is 0.852. The minimum atomic E-state index is -0.941. The number of carbonyl (C=O) groups is 1. The minimum absolute atomic E-state index is 0.340. The molecule has 0 aromatic heterocycles. The van der Waals surface area contributed by atoms with Crippen LogP contribution in [-0.4, -0.2) is 30.3 Å². The van der Waals surface area contributed by atoms with Gasteiger partial charge < -0.3 is 14.7 Å². The van der Waals surface area contributed by atoms with Gasteiger partial charge in [0, 0.05) is 12.6 Å². The van der Waals surface area contributed by atoms with Gasteiger partial charge in [-0.1, -0.05) is 19.1 Å². The lowest BCUT2D eigenvalue weighted by Gasteiger charge is -2.16. The van der Waals surface area contributed by atoms with Crippen LogP contribution in [0.15, 0.2) is 18.2 Å². The molecule has 1 amide bonds. The van der Waals surface area contributed by atoms with Crippen LogP contribution >= 0.6 is 0 Å². The van der Waals surface area contributed by atoms with E-state index < -0.39 is 6.09 Å². The van der Waals surface area contributed by atoms with E-state index in [0.717, 1.165) is 17.7 Å². The summed E-state index contributed by atoms with van der Waals surface area (Å²) in [6, 6.07) is 5.85. The Morgan fingerprint density at radius 1 is 1.50 bits per heavy atom. The molecule has 4 nitrogen and oxygen atoms in total. The highest BCUT2D eigenvalue weighted by Gasteiger charge is 2.10. The minimum Gasteiger partial charge on any atom is -0.496 e. The Bertz CT molecular complexity index is 377. The first-order valence-corrected chi connectivity index (χ1v) is 5.18. The molecule has 0 fully saturated rings. The SMILES string of the molecule is CCc1ccc(OC)c(CN(C)C(=O)O)c1. The van der Waals surface area contributed by atoms with E-state index in [4.69, 9.17) is 9.84 Å². The molecule has 0 heterocycles. The summed E-state index contributed by atoms with van der Waals surface area (Å²) in [7, 11) is 3.13. The van der Waals surface area contributed by atoms with Gasteiger partial charge in [0.15, 0.2) is 0 Å². The second-order valence-corrected chi connectivity index (χ2v) is 3.64. The molecule has 1 aromatic carbocycles. The van der Waals surface area contributed by atoms with Crippen LogP contribution in [0.1, 0.15) is 18.1 Å². The highest BCUT2D eigenvalue weighted by atomic mass is 16.5. The Labute approximate surface area is 95.5 Å². The van der Waals surface area contributed by atoms with E-state index in [1.54, 1.807) is 14.2 Å². The van der Waals surface area contributed by atoms with E-state index in [0.29, 0.717) is 6.54 Å². The molecule has 16 heavy (non-hydrogen) atoms. The van der Waals surface area contributed by atoms with Crippen molar-refractivity contribution in [2.75, 3.05) is 14.2 Å². The number of nitrogens with zero attached hydrogens (tertiary/aromatic N) is 1. The van der Waals surface area contributed by atoms with Crippen molar-refractivity contribution < 1.29 is 14.6 Å². The second-order valence-electron chi connectivity index (χ2n) is 3.64. The molecule has 88 valence electrons. The topological polar surface area (TPSA) is 49.8 Å². The molecule has 4 heteroatoms. The Kier molecular flexibility index (Phi) is 4.17. The zero-order valence-electron chi connectivity index (χ0n) is 9.86. The molecule has 0 bridgehead atoms. The number of methoxy groups -OCH3 is 1. The molecule has 0 aliphatic rings. The van der Waals surface area contributed by atoms with Crippen molar-refractivity contribution in [1.82, 2.24) is 4.90 Å². The van der Waals surface area contributed by atoms with Gasteiger partial charge >= 0.3 is 6.09 Å². The summed E-state index contributed by atoms with van der Waals surface area (Å²) in [5, 5.41) is 8.82. The maximum absolute atomic E-state index is 10.7. The molecular formula is C12H17NO3. The van der Waals surface area contributed by atoms with Crippen molar-refractivity contribution in [3.05, 3.63) is 29.3 Å². The van der Waals surface area contributed by atoms with Crippen LogP contribution in [-0.2, 0) is 13.0 Å². The largest absolute Gasteiger partial charge is 0.496 e. The number of ether oxygens (including phenoxy) is 1. The number of benzene rings is 1. The molecule has 1 N–H and O–H groups in total. The van der Waals surface area contributed by atoms with Crippen molar-refractivity contribution in [3.63, 3.8) is 0 Å². The fourth-order valence-electron chi connectivity index (χ4n) is 1.50. The zero-order chi connectivity index (χ0) is 12.1. The number of hydrogen-bond acceptors (Lipinski definition) is 2. The highest BCUT2D eigenvalue weighted by Crippen LogP contribution is 2.21. The highest BCUT2D eigenvalue weighted by molar-refractivity contribution is 5.64. The molecule has 0 saturated heterocycles. The van der Waals surface area contributed by atoms with Gasteiger partial charge in [0.1, 0.15) is 5.75 Å². The normalized spacial score (nSPS) is 9.94. The number of carboxylic acid groups (broad SMARTS) is 1. The summed E-state index contributed by atoms with van der Waals surface area (Å²) in [6.45, 7) is 2.40. The summed E-state index contributed by atoms with van der Waals surface area (Å²) in [6.07, 6.45) is -0.0164. The first-order chi connectivity index (χ1) is 7.58. The van der Waals surface area contributed by atoms with Crippen molar-refractivity contribution in [1.29, 1.82) is 0 Å². The van der Waals surface area contributed by atoms with Gasteiger partial charge in [-0.2, -0.15) is 0 Å². The van der Waals surface area contributed by atoms with Gasteiger partial charge in [-0.15, -0.1) is 0 Å². The van der Waals surface area contributed by atoms with E-state index in [2.05, 4.69) is 6.92 Å². The van der Waals surface area contributed by atoms with Gasteiger partial charge in [-0.25, -0.2) is 4.79 Å². The molecule has 1 rings (SSSR count). The fourth-order valence-corrected chi connectivity index (χ4v) is 1.50. The van der Waals surface area contributed by atoms with Gasteiger partial charge in [0.05, 0.1) is 13.7 Å². The van der Waals surface area contributed by atoms with Crippen molar-refractivity contribution in [2.45, 2.75) is 19.9 Å². The van der Waals surface area contributed by atoms with E-state index in [9.17, 15) is 4.79 Å². The first-order valence-electron chi connectivity index (χ1n) is 5.18. The van der Waals surface area contributed by atoms with Crippen LogP contribution in [0.25, 0.3) is 0 Å². The van der Waals surface area contributed by atoms with Gasteiger partial charge in [0.25, 0.3) is 0 Å². The van der Waals surface area contributed by atoms with Gasteiger partial charge in [-0.3, -0.25) is 0 Å². The van der Waals surface area contributed by atoms with Crippen LogP contribution in [0.3, 0.4) is 0 Å². The summed E-state index contributed by atoms with van der Waals surface area (Å²) < 4.78 is 5.21. The summed E-state index contributed by atoms with van der Waals surface area (Å²) in [5.41, 5.74) is 2.07. The van der Waals surface area contributed by atoms with Crippen molar-refractivity contribution in [2.24, 2.45) is 0 Å².